The van der Waals surface area contributed by atoms with E-state index >= 15 is 0 Å². The quantitative estimate of drug-likeness (QED) is 0.860. The van der Waals surface area contributed by atoms with Gasteiger partial charge in [0.15, 0.2) is 0 Å². The maximum Gasteiger partial charge on any atom is 0.120 e. The Bertz CT molecular complexity index is 730. The summed E-state index contributed by atoms with van der Waals surface area (Å²) in [5.41, 5.74) is 4.76. The zero-order valence-corrected chi connectivity index (χ0v) is 15.4. The third-order valence-corrected chi connectivity index (χ3v) is 5.06. The number of anilines is 1. The molecule has 0 amide bonds. The summed E-state index contributed by atoms with van der Waals surface area (Å²) in [7, 11) is 1.65. The molecule has 2 aromatic carbocycles. The van der Waals surface area contributed by atoms with E-state index in [2.05, 4.69) is 42.3 Å². The summed E-state index contributed by atoms with van der Waals surface area (Å²) in [6.45, 7) is 7.07. The van der Waals surface area contributed by atoms with Gasteiger partial charge in [-0.25, -0.2) is 0 Å². The molecule has 0 aromatic heterocycles. The van der Waals surface area contributed by atoms with Crippen molar-refractivity contribution >= 4 is 5.69 Å². The largest absolute Gasteiger partial charge is 0.508 e. The number of piperidine rings is 1. The highest BCUT2D eigenvalue weighted by Crippen LogP contribution is 2.26. The van der Waals surface area contributed by atoms with Crippen LogP contribution in [0.15, 0.2) is 36.4 Å². The zero-order chi connectivity index (χ0) is 17.8. The van der Waals surface area contributed by atoms with Crippen molar-refractivity contribution in [2.75, 3.05) is 25.5 Å². The lowest BCUT2D eigenvalue weighted by Crippen LogP contribution is -2.41. The number of aryl methyl sites for hydroxylation is 2. The molecule has 1 heterocycles. The Balaban J connectivity index is 1.64. The number of rotatable bonds is 5. The van der Waals surface area contributed by atoms with E-state index in [1.807, 2.05) is 6.07 Å². The Morgan fingerprint density at radius 3 is 2.76 bits per heavy atom. The number of aromatic hydroxyl groups is 1. The number of nitrogens with zero attached hydrogens (tertiary/aromatic N) is 1. The van der Waals surface area contributed by atoms with E-state index in [4.69, 9.17) is 4.74 Å². The predicted molar refractivity (Wildman–Crippen MR) is 102 cm³/mol. The monoisotopic (exact) mass is 340 g/mol. The first-order chi connectivity index (χ1) is 12.0. The summed E-state index contributed by atoms with van der Waals surface area (Å²) in [5, 5.41) is 13.8. The van der Waals surface area contributed by atoms with Crippen molar-refractivity contribution in [2.45, 2.75) is 39.3 Å². The van der Waals surface area contributed by atoms with Gasteiger partial charge in [0.1, 0.15) is 11.5 Å². The SMILES string of the molecule is COc1ccc(O)c(CN2CCC[C@H](Nc3ccc(C)c(C)c3)C2)c1. The van der Waals surface area contributed by atoms with E-state index < -0.39 is 0 Å². The van der Waals surface area contributed by atoms with Crippen molar-refractivity contribution < 1.29 is 9.84 Å². The minimum absolute atomic E-state index is 0.338. The van der Waals surface area contributed by atoms with Gasteiger partial charge in [-0.3, -0.25) is 4.90 Å². The molecule has 134 valence electrons. The Morgan fingerprint density at radius 1 is 1.16 bits per heavy atom. The first kappa shape index (κ1) is 17.6. The van der Waals surface area contributed by atoms with Gasteiger partial charge >= 0.3 is 0 Å². The van der Waals surface area contributed by atoms with Crippen LogP contribution < -0.4 is 10.1 Å². The molecule has 1 atom stereocenters. The lowest BCUT2D eigenvalue weighted by atomic mass is 10.0. The molecule has 0 radical (unpaired) electrons. The minimum atomic E-state index is 0.338. The number of phenols is 1. The maximum atomic E-state index is 10.1. The van der Waals surface area contributed by atoms with Crippen LogP contribution in [0.2, 0.25) is 0 Å². The molecular weight excluding hydrogens is 312 g/mol. The van der Waals surface area contributed by atoms with E-state index in [0.717, 1.165) is 37.4 Å². The molecule has 0 spiro atoms. The second-order valence-corrected chi connectivity index (χ2v) is 7.01. The fourth-order valence-corrected chi connectivity index (χ4v) is 3.44. The average Bonchev–Trinajstić information content (AvgIpc) is 2.60. The minimum Gasteiger partial charge on any atom is -0.508 e. The lowest BCUT2D eigenvalue weighted by molar-refractivity contribution is 0.206. The van der Waals surface area contributed by atoms with Crippen LogP contribution >= 0.6 is 0 Å². The molecule has 2 aromatic rings. The van der Waals surface area contributed by atoms with Crippen LogP contribution in [0.4, 0.5) is 5.69 Å². The van der Waals surface area contributed by atoms with E-state index in [0.29, 0.717) is 11.8 Å². The zero-order valence-electron chi connectivity index (χ0n) is 15.4. The molecule has 4 nitrogen and oxygen atoms in total. The van der Waals surface area contributed by atoms with E-state index in [9.17, 15) is 5.11 Å². The van der Waals surface area contributed by atoms with Crippen molar-refractivity contribution in [3.63, 3.8) is 0 Å². The number of ether oxygens (including phenoxy) is 1. The fraction of sp³-hybridized carbons (Fsp3) is 0.429. The Kier molecular flexibility index (Phi) is 5.49. The van der Waals surface area contributed by atoms with E-state index in [-0.39, 0.29) is 0 Å². The van der Waals surface area contributed by atoms with Crippen LogP contribution in [0.5, 0.6) is 11.5 Å². The first-order valence-corrected chi connectivity index (χ1v) is 8.97. The molecule has 3 rings (SSSR count). The Morgan fingerprint density at radius 2 is 2.00 bits per heavy atom. The van der Waals surface area contributed by atoms with Crippen LogP contribution in [0.3, 0.4) is 0 Å². The second kappa shape index (κ2) is 7.79. The van der Waals surface area contributed by atoms with E-state index in [1.165, 1.54) is 23.2 Å². The van der Waals surface area contributed by atoms with Gasteiger partial charge in [0, 0.05) is 30.4 Å². The van der Waals surface area contributed by atoms with Crippen molar-refractivity contribution in [2.24, 2.45) is 0 Å². The normalized spacial score (nSPS) is 18.1. The summed E-state index contributed by atoms with van der Waals surface area (Å²) in [4.78, 5) is 2.40. The number of hydrogen-bond acceptors (Lipinski definition) is 4. The summed E-state index contributed by atoms with van der Waals surface area (Å²) in [6.07, 6.45) is 2.33. The van der Waals surface area contributed by atoms with Crippen molar-refractivity contribution in [1.82, 2.24) is 4.90 Å². The molecule has 2 N–H and O–H groups in total. The van der Waals surface area contributed by atoms with Gasteiger partial charge in [0.05, 0.1) is 7.11 Å². The van der Waals surface area contributed by atoms with Crippen LogP contribution in [-0.4, -0.2) is 36.2 Å². The molecule has 0 aliphatic carbocycles. The Hall–Kier alpha value is -2.20. The van der Waals surface area contributed by atoms with Crippen LogP contribution in [0.1, 0.15) is 29.5 Å². The number of hydrogen-bond donors (Lipinski definition) is 2. The molecule has 1 fully saturated rings. The number of benzene rings is 2. The molecule has 1 saturated heterocycles. The topological polar surface area (TPSA) is 44.7 Å². The predicted octanol–water partition coefficient (Wildman–Crippen LogP) is 4.09. The highest BCUT2D eigenvalue weighted by atomic mass is 16.5. The molecule has 0 bridgehead atoms. The maximum absolute atomic E-state index is 10.1. The van der Waals surface area contributed by atoms with Gasteiger partial charge in [-0.05, 0) is 74.7 Å². The highest BCUT2D eigenvalue weighted by Gasteiger charge is 2.21. The summed E-state index contributed by atoms with van der Waals surface area (Å²) in [5.74, 6) is 1.12. The standard InChI is InChI=1S/C21H28N2O2/c1-15-6-7-18(11-16(15)2)22-19-5-4-10-23(14-19)13-17-12-20(25-3)8-9-21(17)24/h6-9,11-12,19,22,24H,4-5,10,13-14H2,1-3H3/t19-/m0/s1. The Labute approximate surface area is 150 Å². The molecule has 25 heavy (non-hydrogen) atoms. The first-order valence-electron chi connectivity index (χ1n) is 8.97. The summed E-state index contributed by atoms with van der Waals surface area (Å²) in [6, 6.07) is 12.4. The van der Waals surface area contributed by atoms with Gasteiger partial charge in [-0.15, -0.1) is 0 Å². The molecule has 1 aliphatic heterocycles. The van der Waals surface area contributed by atoms with E-state index in [1.54, 1.807) is 19.2 Å². The lowest BCUT2D eigenvalue weighted by Gasteiger charge is -2.34. The molecular formula is C21H28N2O2. The van der Waals surface area contributed by atoms with Gasteiger partial charge in [0.25, 0.3) is 0 Å². The average molecular weight is 340 g/mol. The molecule has 0 saturated carbocycles. The van der Waals surface area contributed by atoms with Crippen molar-refractivity contribution in [1.29, 1.82) is 0 Å². The van der Waals surface area contributed by atoms with Gasteiger partial charge < -0.3 is 15.2 Å². The van der Waals surface area contributed by atoms with Crippen LogP contribution in [0.25, 0.3) is 0 Å². The van der Waals surface area contributed by atoms with Crippen LogP contribution in [0, 0.1) is 13.8 Å². The number of methoxy groups -OCH3 is 1. The second-order valence-electron chi connectivity index (χ2n) is 7.01. The third-order valence-electron chi connectivity index (χ3n) is 5.06. The number of phenolic OH excluding ortho intramolecular Hbond substituents is 1. The fourth-order valence-electron chi connectivity index (χ4n) is 3.44. The smallest absolute Gasteiger partial charge is 0.120 e. The molecule has 0 unspecified atom stereocenters. The van der Waals surface area contributed by atoms with Crippen LogP contribution in [-0.2, 0) is 6.54 Å². The van der Waals surface area contributed by atoms with Crippen molar-refractivity contribution in [3.8, 4) is 11.5 Å². The third kappa shape index (κ3) is 4.45. The van der Waals surface area contributed by atoms with Crippen molar-refractivity contribution in [3.05, 3.63) is 53.1 Å². The summed E-state index contributed by atoms with van der Waals surface area (Å²) < 4.78 is 5.28. The summed E-state index contributed by atoms with van der Waals surface area (Å²) >= 11 is 0. The van der Waals surface area contributed by atoms with Gasteiger partial charge in [-0.2, -0.15) is 0 Å². The number of likely N-dealkylation sites (tertiary alicyclic amines) is 1. The van der Waals surface area contributed by atoms with Gasteiger partial charge in [-0.1, -0.05) is 6.07 Å². The molecule has 4 heteroatoms. The van der Waals surface area contributed by atoms with Gasteiger partial charge in [0.2, 0.25) is 0 Å². The number of nitrogens with one attached hydrogen (secondary N) is 1. The highest BCUT2D eigenvalue weighted by molar-refractivity contribution is 5.49. The molecule has 1 aliphatic rings.